The molecule has 3 rings (SSSR count). The van der Waals surface area contributed by atoms with Crippen molar-refractivity contribution in [3.63, 3.8) is 0 Å². The minimum Gasteiger partial charge on any atom is -0.497 e. The highest BCUT2D eigenvalue weighted by molar-refractivity contribution is 5.99. The fraction of sp³-hybridized carbons (Fsp3) is 0.211. The summed E-state index contributed by atoms with van der Waals surface area (Å²) in [7, 11) is 1.65. The quantitative estimate of drug-likeness (QED) is 0.858. The standard InChI is InChI=1S/C19H19NO2/c1-4-14-9-13(2)18-12-20(19(21)17(18)10-14)11-15-5-7-16(22-3)8-6-15/h4-10H,1,11-12H2,2-3H3. The number of ether oxygens (including phenoxy) is 1. The van der Waals surface area contributed by atoms with E-state index in [9.17, 15) is 4.79 Å². The van der Waals surface area contributed by atoms with E-state index >= 15 is 0 Å². The molecule has 0 radical (unpaired) electrons. The molecule has 0 saturated heterocycles. The Hall–Kier alpha value is -2.55. The van der Waals surface area contributed by atoms with Crippen LogP contribution in [-0.4, -0.2) is 17.9 Å². The molecule has 1 aliphatic rings. The molecule has 0 unspecified atom stereocenters. The lowest BCUT2D eigenvalue weighted by Crippen LogP contribution is -2.23. The second-order valence-corrected chi connectivity index (χ2v) is 5.58. The summed E-state index contributed by atoms with van der Waals surface area (Å²) >= 11 is 0. The van der Waals surface area contributed by atoms with Gasteiger partial charge in [-0.1, -0.05) is 30.9 Å². The molecule has 22 heavy (non-hydrogen) atoms. The lowest BCUT2D eigenvalue weighted by molar-refractivity contribution is 0.0766. The average molecular weight is 293 g/mol. The lowest BCUT2D eigenvalue weighted by Gasteiger charge is -2.16. The highest BCUT2D eigenvalue weighted by Crippen LogP contribution is 2.29. The van der Waals surface area contributed by atoms with Gasteiger partial charge in [0.05, 0.1) is 7.11 Å². The van der Waals surface area contributed by atoms with Crippen molar-refractivity contribution in [2.24, 2.45) is 0 Å². The molecule has 3 heteroatoms. The Labute approximate surface area is 130 Å². The van der Waals surface area contributed by atoms with Gasteiger partial charge in [-0.15, -0.1) is 0 Å². The van der Waals surface area contributed by atoms with Gasteiger partial charge in [0.1, 0.15) is 5.75 Å². The highest BCUT2D eigenvalue weighted by Gasteiger charge is 2.28. The first-order chi connectivity index (χ1) is 10.6. The number of rotatable bonds is 4. The zero-order chi connectivity index (χ0) is 15.7. The number of carbonyl (C=O) groups is 1. The van der Waals surface area contributed by atoms with E-state index in [1.807, 2.05) is 35.2 Å². The third-order valence-electron chi connectivity index (χ3n) is 4.13. The number of nitrogens with zero attached hydrogens (tertiary/aromatic N) is 1. The molecule has 0 fully saturated rings. The summed E-state index contributed by atoms with van der Waals surface area (Å²) in [5.74, 6) is 0.920. The predicted molar refractivity (Wildman–Crippen MR) is 87.8 cm³/mol. The second-order valence-electron chi connectivity index (χ2n) is 5.58. The largest absolute Gasteiger partial charge is 0.497 e. The predicted octanol–water partition coefficient (Wildman–Crippen LogP) is 3.80. The van der Waals surface area contributed by atoms with Crippen LogP contribution >= 0.6 is 0 Å². The van der Waals surface area contributed by atoms with Crippen LogP contribution in [-0.2, 0) is 13.1 Å². The summed E-state index contributed by atoms with van der Waals surface area (Å²) in [5.41, 5.74) is 5.19. The Kier molecular flexibility index (Phi) is 3.72. The van der Waals surface area contributed by atoms with Gasteiger partial charge in [0.25, 0.3) is 5.91 Å². The molecule has 0 spiro atoms. The summed E-state index contributed by atoms with van der Waals surface area (Å²) < 4.78 is 5.16. The Morgan fingerprint density at radius 2 is 2.00 bits per heavy atom. The molecule has 1 aliphatic heterocycles. The van der Waals surface area contributed by atoms with Gasteiger partial charge >= 0.3 is 0 Å². The van der Waals surface area contributed by atoms with Crippen molar-refractivity contribution in [1.29, 1.82) is 0 Å². The van der Waals surface area contributed by atoms with Gasteiger partial charge in [-0.3, -0.25) is 4.79 Å². The first kappa shape index (κ1) is 14.4. The molecular formula is C19H19NO2. The van der Waals surface area contributed by atoms with Crippen LogP contribution < -0.4 is 4.74 Å². The van der Waals surface area contributed by atoms with Crippen molar-refractivity contribution in [3.8, 4) is 5.75 Å². The van der Waals surface area contributed by atoms with Crippen LogP contribution in [0.5, 0.6) is 5.75 Å². The monoisotopic (exact) mass is 293 g/mol. The van der Waals surface area contributed by atoms with Gasteiger partial charge < -0.3 is 9.64 Å². The summed E-state index contributed by atoms with van der Waals surface area (Å²) in [6.07, 6.45) is 1.78. The van der Waals surface area contributed by atoms with Crippen molar-refractivity contribution in [1.82, 2.24) is 4.90 Å². The fourth-order valence-electron chi connectivity index (χ4n) is 2.88. The molecule has 0 saturated carbocycles. The molecule has 1 amide bonds. The smallest absolute Gasteiger partial charge is 0.254 e. The number of methoxy groups -OCH3 is 1. The number of aryl methyl sites for hydroxylation is 1. The molecule has 1 heterocycles. The molecule has 0 atom stereocenters. The SMILES string of the molecule is C=Cc1cc(C)c2c(c1)C(=O)N(Cc1ccc(OC)cc1)C2. The van der Waals surface area contributed by atoms with E-state index in [1.54, 1.807) is 13.2 Å². The minimum absolute atomic E-state index is 0.0950. The van der Waals surface area contributed by atoms with Gasteiger partial charge in [0.2, 0.25) is 0 Å². The van der Waals surface area contributed by atoms with Gasteiger partial charge in [0, 0.05) is 18.7 Å². The third kappa shape index (κ3) is 2.50. The van der Waals surface area contributed by atoms with E-state index in [1.165, 1.54) is 0 Å². The summed E-state index contributed by atoms with van der Waals surface area (Å²) in [5, 5.41) is 0. The van der Waals surface area contributed by atoms with E-state index in [0.29, 0.717) is 13.1 Å². The van der Waals surface area contributed by atoms with Crippen LogP contribution in [0, 0.1) is 6.92 Å². The molecule has 2 aromatic carbocycles. The summed E-state index contributed by atoms with van der Waals surface area (Å²) in [4.78, 5) is 14.5. The highest BCUT2D eigenvalue weighted by atomic mass is 16.5. The van der Waals surface area contributed by atoms with Crippen molar-refractivity contribution >= 4 is 12.0 Å². The Morgan fingerprint density at radius 1 is 1.27 bits per heavy atom. The normalized spacial score (nSPS) is 13.2. The topological polar surface area (TPSA) is 29.5 Å². The van der Waals surface area contributed by atoms with Crippen LogP contribution in [0.4, 0.5) is 0 Å². The Balaban J connectivity index is 1.84. The molecule has 112 valence electrons. The van der Waals surface area contributed by atoms with Gasteiger partial charge in [0.15, 0.2) is 0 Å². The number of fused-ring (bicyclic) bond motifs is 1. The zero-order valence-electron chi connectivity index (χ0n) is 12.9. The third-order valence-corrected chi connectivity index (χ3v) is 4.13. The molecule has 0 bridgehead atoms. The van der Waals surface area contributed by atoms with Crippen LogP contribution in [0.1, 0.15) is 32.6 Å². The number of amides is 1. The Morgan fingerprint density at radius 3 is 2.64 bits per heavy atom. The molecule has 0 N–H and O–H groups in total. The first-order valence-electron chi connectivity index (χ1n) is 7.30. The summed E-state index contributed by atoms with van der Waals surface area (Å²) in [6, 6.07) is 11.9. The van der Waals surface area contributed by atoms with Crippen LogP contribution in [0.3, 0.4) is 0 Å². The van der Waals surface area contributed by atoms with Crippen molar-refractivity contribution in [2.75, 3.05) is 7.11 Å². The first-order valence-corrected chi connectivity index (χ1v) is 7.30. The molecular weight excluding hydrogens is 274 g/mol. The number of hydrogen-bond acceptors (Lipinski definition) is 2. The van der Waals surface area contributed by atoms with Gasteiger partial charge in [-0.05, 0) is 47.4 Å². The molecule has 2 aromatic rings. The van der Waals surface area contributed by atoms with Crippen molar-refractivity contribution in [2.45, 2.75) is 20.0 Å². The minimum atomic E-state index is 0.0950. The molecule has 3 nitrogen and oxygen atoms in total. The second kappa shape index (κ2) is 5.68. The van der Waals surface area contributed by atoms with E-state index in [0.717, 1.165) is 33.6 Å². The van der Waals surface area contributed by atoms with Crippen LogP contribution in [0.15, 0.2) is 43.0 Å². The maximum atomic E-state index is 12.6. The van der Waals surface area contributed by atoms with E-state index in [2.05, 4.69) is 19.6 Å². The number of carbonyl (C=O) groups excluding carboxylic acids is 1. The average Bonchev–Trinajstić information content (AvgIpc) is 2.85. The van der Waals surface area contributed by atoms with Crippen molar-refractivity contribution < 1.29 is 9.53 Å². The van der Waals surface area contributed by atoms with Crippen molar-refractivity contribution in [3.05, 3.63) is 70.8 Å². The van der Waals surface area contributed by atoms with Gasteiger partial charge in [-0.25, -0.2) is 0 Å². The fourth-order valence-corrected chi connectivity index (χ4v) is 2.88. The van der Waals surface area contributed by atoms with Gasteiger partial charge in [-0.2, -0.15) is 0 Å². The lowest BCUT2D eigenvalue weighted by atomic mass is 10.0. The molecule has 0 aromatic heterocycles. The van der Waals surface area contributed by atoms with E-state index < -0.39 is 0 Å². The van der Waals surface area contributed by atoms with E-state index in [-0.39, 0.29) is 5.91 Å². The van der Waals surface area contributed by atoms with Crippen LogP contribution in [0.25, 0.3) is 6.08 Å². The van der Waals surface area contributed by atoms with E-state index in [4.69, 9.17) is 4.74 Å². The number of benzene rings is 2. The number of hydrogen-bond donors (Lipinski definition) is 0. The Bertz CT molecular complexity index is 732. The maximum absolute atomic E-state index is 12.6. The molecule has 0 aliphatic carbocycles. The zero-order valence-corrected chi connectivity index (χ0v) is 12.9. The van der Waals surface area contributed by atoms with Crippen LogP contribution in [0.2, 0.25) is 0 Å². The maximum Gasteiger partial charge on any atom is 0.254 e. The summed E-state index contributed by atoms with van der Waals surface area (Å²) in [6.45, 7) is 7.12.